The molecule has 4 rings (SSSR count). The maximum absolute atomic E-state index is 11.1. The summed E-state index contributed by atoms with van der Waals surface area (Å²) in [6, 6.07) is 23.5. The van der Waals surface area contributed by atoms with Crippen molar-refractivity contribution in [3.05, 3.63) is 90.1 Å². The number of pyridine rings is 1. The predicted octanol–water partition coefficient (Wildman–Crippen LogP) is 5.31. The minimum atomic E-state index is -0.0317. The lowest BCUT2D eigenvalue weighted by atomic mass is 10.0. The molecule has 0 aliphatic carbocycles. The van der Waals surface area contributed by atoms with Gasteiger partial charge in [0.1, 0.15) is 23.1 Å². The van der Waals surface area contributed by atoms with Crippen molar-refractivity contribution >= 4 is 5.91 Å². The summed E-state index contributed by atoms with van der Waals surface area (Å²) in [4.78, 5) is 20.0. The van der Waals surface area contributed by atoms with Crippen LogP contribution in [0.3, 0.4) is 0 Å². The Morgan fingerprint density at radius 3 is 2.43 bits per heavy atom. The van der Waals surface area contributed by atoms with E-state index in [1.807, 2.05) is 60.7 Å². The Bertz CT molecular complexity index is 1310. The molecule has 0 aliphatic rings. The Kier molecular flexibility index (Phi) is 7.87. The van der Waals surface area contributed by atoms with Crippen molar-refractivity contribution in [1.82, 2.24) is 15.3 Å². The van der Waals surface area contributed by atoms with Crippen LogP contribution in [0.2, 0.25) is 0 Å². The Labute approximate surface area is 204 Å². The number of amides is 1. The summed E-state index contributed by atoms with van der Waals surface area (Å²) in [6.45, 7) is 2.18. The standard InChI is InChI=1S/C28H26N4O3/c1-20(33)30-16-9-8-14-25-27(22-12-6-3-7-13-22)32-26(35-25)19-34-28-24(18-29)23(15-17-31-28)21-10-4-2-5-11-21/h2-7,10-13,15,17H,8-9,14,16,19H2,1H3,(H,30,33). The smallest absolute Gasteiger partial charge is 0.233 e. The Balaban J connectivity index is 1.52. The van der Waals surface area contributed by atoms with E-state index in [2.05, 4.69) is 21.4 Å². The fraction of sp³-hybridized carbons (Fsp3) is 0.214. The zero-order chi connectivity index (χ0) is 24.5. The minimum absolute atomic E-state index is 0.0317. The first kappa shape index (κ1) is 23.7. The third kappa shape index (κ3) is 6.12. The van der Waals surface area contributed by atoms with Crippen LogP contribution >= 0.6 is 0 Å². The molecule has 0 spiro atoms. The third-order valence-corrected chi connectivity index (χ3v) is 5.44. The summed E-state index contributed by atoms with van der Waals surface area (Å²) in [6.07, 6.45) is 3.99. The van der Waals surface area contributed by atoms with E-state index < -0.39 is 0 Å². The van der Waals surface area contributed by atoms with Crippen molar-refractivity contribution in [1.29, 1.82) is 5.26 Å². The molecule has 0 aliphatic heterocycles. The number of aryl methyl sites for hydroxylation is 1. The molecule has 0 saturated heterocycles. The van der Waals surface area contributed by atoms with Gasteiger partial charge in [-0.1, -0.05) is 60.7 Å². The van der Waals surface area contributed by atoms with Gasteiger partial charge in [0.15, 0.2) is 6.61 Å². The minimum Gasteiger partial charge on any atom is -0.467 e. The van der Waals surface area contributed by atoms with Gasteiger partial charge in [-0.25, -0.2) is 9.97 Å². The van der Waals surface area contributed by atoms with E-state index >= 15 is 0 Å². The lowest BCUT2D eigenvalue weighted by Crippen LogP contribution is -2.20. The largest absolute Gasteiger partial charge is 0.467 e. The van der Waals surface area contributed by atoms with Crippen molar-refractivity contribution < 1.29 is 13.9 Å². The maximum Gasteiger partial charge on any atom is 0.233 e. The molecule has 2 heterocycles. The SMILES string of the molecule is CC(=O)NCCCCc1oc(COc2nccc(-c3ccccc3)c2C#N)nc1-c1ccccc1. The molecule has 1 N–H and O–H groups in total. The van der Waals surface area contributed by atoms with Crippen LogP contribution in [0.15, 0.2) is 77.3 Å². The number of hydrogen-bond acceptors (Lipinski definition) is 6. The summed E-state index contributed by atoms with van der Waals surface area (Å²) in [5.41, 5.74) is 3.78. The number of oxazole rings is 1. The maximum atomic E-state index is 11.1. The number of nitrogens with one attached hydrogen (secondary N) is 1. The zero-order valence-electron chi connectivity index (χ0n) is 19.5. The second-order valence-electron chi connectivity index (χ2n) is 7.99. The first-order chi connectivity index (χ1) is 17.2. The van der Waals surface area contributed by atoms with Gasteiger partial charge in [0, 0.05) is 37.2 Å². The molecule has 1 amide bonds. The Hall–Kier alpha value is -4.44. The first-order valence-corrected chi connectivity index (χ1v) is 11.5. The van der Waals surface area contributed by atoms with Gasteiger partial charge < -0.3 is 14.5 Å². The number of hydrogen-bond donors (Lipinski definition) is 1. The topological polar surface area (TPSA) is 101 Å². The molecule has 2 aromatic heterocycles. The number of ether oxygens (including phenoxy) is 1. The van der Waals surface area contributed by atoms with Crippen LogP contribution in [0.4, 0.5) is 0 Å². The van der Waals surface area contributed by atoms with E-state index in [9.17, 15) is 10.1 Å². The monoisotopic (exact) mass is 466 g/mol. The molecular weight excluding hydrogens is 440 g/mol. The fourth-order valence-corrected chi connectivity index (χ4v) is 3.78. The lowest BCUT2D eigenvalue weighted by Gasteiger charge is -2.09. The highest BCUT2D eigenvalue weighted by Crippen LogP contribution is 2.30. The number of aromatic nitrogens is 2. The molecule has 0 saturated carbocycles. The van der Waals surface area contributed by atoms with Crippen molar-refractivity contribution in [2.45, 2.75) is 32.8 Å². The normalized spacial score (nSPS) is 10.5. The number of unbranched alkanes of at least 4 members (excludes halogenated alkanes) is 1. The van der Waals surface area contributed by atoms with Crippen LogP contribution < -0.4 is 10.1 Å². The van der Waals surface area contributed by atoms with E-state index in [1.165, 1.54) is 6.92 Å². The van der Waals surface area contributed by atoms with Gasteiger partial charge in [0.25, 0.3) is 0 Å². The number of nitrogens with zero attached hydrogens (tertiary/aromatic N) is 3. The summed E-state index contributed by atoms with van der Waals surface area (Å²) >= 11 is 0. The van der Waals surface area contributed by atoms with E-state index in [0.29, 0.717) is 24.4 Å². The molecule has 0 fully saturated rings. The molecule has 2 aromatic carbocycles. The predicted molar refractivity (Wildman–Crippen MR) is 132 cm³/mol. The molecule has 0 atom stereocenters. The van der Waals surface area contributed by atoms with Gasteiger partial charge in [-0.05, 0) is 24.5 Å². The summed E-state index contributed by atoms with van der Waals surface area (Å²) in [7, 11) is 0. The van der Waals surface area contributed by atoms with Gasteiger partial charge in [-0.15, -0.1) is 0 Å². The molecule has 7 heteroatoms. The average Bonchev–Trinajstić information content (AvgIpc) is 3.30. The van der Waals surface area contributed by atoms with Crippen molar-refractivity contribution in [2.24, 2.45) is 0 Å². The molecular formula is C28H26N4O3. The molecule has 0 unspecified atom stereocenters. The van der Waals surface area contributed by atoms with E-state index in [0.717, 1.165) is 41.0 Å². The van der Waals surface area contributed by atoms with Crippen LogP contribution in [-0.2, 0) is 17.8 Å². The zero-order valence-corrected chi connectivity index (χ0v) is 19.5. The van der Waals surface area contributed by atoms with Gasteiger partial charge in [-0.2, -0.15) is 5.26 Å². The number of rotatable bonds is 10. The molecule has 0 radical (unpaired) electrons. The highest BCUT2D eigenvalue weighted by atomic mass is 16.5. The number of benzene rings is 2. The molecule has 35 heavy (non-hydrogen) atoms. The molecule has 176 valence electrons. The molecule has 4 aromatic rings. The van der Waals surface area contributed by atoms with Crippen molar-refractivity contribution in [3.63, 3.8) is 0 Å². The summed E-state index contributed by atoms with van der Waals surface area (Å²) < 4.78 is 12.0. The average molecular weight is 467 g/mol. The van der Waals surface area contributed by atoms with Crippen LogP contribution in [0.5, 0.6) is 5.88 Å². The number of carbonyl (C=O) groups is 1. The van der Waals surface area contributed by atoms with Gasteiger partial charge in [0.2, 0.25) is 17.7 Å². The van der Waals surface area contributed by atoms with E-state index in [-0.39, 0.29) is 18.4 Å². The van der Waals surface area contributed by atoms with Gasteiger partial charge in [0.05, 0.1) is 0 Å². The van der Waals surface area contributed by atoms with E-state index in [4.69, 9.17) is 9.15 Å². The molecule has 0 bridgehead atoms. The van der Waals surface area contributed by atoms with Crippen molar-refractivity contribution in [3.8, 4) is 34.3 Å². The van der Waals surface area contributed by atoms with Crippen LogP contribution in [0.25, 0.3) is 22.4 Å². The van der Waals surface area contributed by atoms with Gasteiger partial charge in [-0.3, -0.25) is 4.79 Å². The first-order valence-electron chi connectivity index (χ1n) is 11.5. The van der Waals surface area contributed by atoms with Crippen molar-refractivity contribution in [2.75, 3.05) is 6.54 Å². The number of carbonyl (C=O) groups excluding carboxylic acids is 1. The van der Waals surface area contributed by atoms with E-state index in [1.54, 1.807) is 12.3 Å². The highest BCUT2D eigenvalue weighted by molar-refractivity contribution is 5.73. The second kappa shape index (κ2) is 11.6. The quantitative estimate of drug-likeness (QED) is 0.318. The Morgan fingerprint density at radius 1 is 1.03 bits per heavy atom. The second-order valence-corrected chi connectivity index (χ2v) is 7.99. The summed E-state index contributed by atoms with van der Waals surface area (Å²) in [5, 5.41) is 12.6. The Morgan fingerprint density at radius 2 is 1.74 bits per heavy atom. The lowest BCUT2D eigenvalue weighted by molar-refractivity contribution is -0.118. The highest BCUT2D eigenvalue weighted by Gasteiger charge is 2.17. The van der Waals surface area contributed by atoms with Crippen LogP contribution in [-0.4, -0.2) is 22.4 Å². The van der Waals surface area contributed by atoms with Crippen LogP contribution in [0, 0.1) is 11.3 Å². The van der Waals surface area contributed by atoms with Gasteiger partial charge >= 0.3 is 0 Å². The third-order valence-electron chi connectivity index (χ3n) is 5.44. The number of nitriles is 1. The molecule has 7 nitrogen and oxygen atoms in total. The summed E-state index contributed by atoms with van der Waals surface area (Å²) in [5.74, 6) is 1.39. The van der Waals surface area contributed by atoms with Crippen LogP contribution in [0.1, 0.15) is 37.0 Å². The fourth-order valence-electron chi connectivity index (χ4n) is 3.78.